The van der Waals surface area contributed by atoms with Crippen LogP contribution in [0.5, 0.6) is 0 Å². The van der Waals surface area contributed by atoms with E-state index in [1.54, 1.807) is 6.92 Å². The largest absolute Gasteiger partial charge is 0.461 e. The molecule has 3 N–H and O–H groups in total. The van der Waals surface area contributed by atoms with Crippen LogP contribution in [-0.4, -0.2) is 21.7 Å². The molecule has 0 spiro atoms. The molecule has 0 fully saturated rings. The first-order valence-electron chi connectivity index (χ1n) is 9.65. The molecule has 0 aliphatic heterocycles. The molecule has 6 nitrogen and oxygen atoms in total. The van der Waals surface area contributed by atoms with Crippen molar-refractivity contribution < 1.29 is 19.2 Å². The molecule has 0 unspecified atom stereocenters. The summed E-state index contributed by atoms with van der Waals surface area (Å²) in [7, 11) is 0. The van der Waals surface area contributed by atoms with Gasteiger partial charge in [0.1, 0.15) is 13.2 Å². The lowest BCUT2D eigenvalue weighted by molar-refractivity contribution is -0.676. The van der Waals surface area contributed by atoms with E-state index in [2.05, 4.69) is 16.1 Å². The highest BCUT2D eigenvalue weighted by Crippen LogP contribution is 2.18. The Morgan fingerprint density at radius 1 is 1.21 bits per heavy atom. The van der Waals surface area contributed by atoms with Crippen molar-refractivity contribution in [1.82, 2.24) is 4.57 Å². The maximum Gasteiger partial charge on any atom is 0.310 e. The number of nitrogens with two attached hydrogens (primary N) is 1. The van der Waals surface area contributed by atoms with E-state index in [0.29, 0.717) is 13.1 Å². The topological polar surface area (TPSA) is 81.4 Å². The summed E-state index contributed by atoms with van der Waals surface area (Å²) >= 11 is 0. The number of fused-ring (bicyclic) bond motifs is 1. The highest BCUT2D eigenvalue weighted by molar-refractivity contribution is 5.77. The normalized spacial score (nSPS) is 12.3. The van der Waals surface area contributed by atoms with Gasteiger partial charge in [0.2, 0.25) is 0 Å². The summed E-state index contributed by atoms with van der Waals surface area (Å²) in [5, 5.41) is 9.86. The highest BCUT2D eigenvalue weighted by atomic mass is 16.5. The second-order valence-electron chi connectivity index (χ2n) is 6.97. The number of nitrogens with zero attached hydrogens (tertiary/aromatic N) is 2. The molecule has 0 saturated carbocycles. The van der Waals surface area contributed by atoms with Gasteiger partial charge in [0.05, 0.1) is 25.6 Å². The van der Waals surface area contributed by atoms with Gasteiger partial charge in [-0.15, -0.1) is 0 Å². The molecule has 0 amide bonds. The number of rotatable bonds is 8. The Morgan fingerprint density at radius 3 is 2.61 bits per heavy atom. The fourth-order valence-corrected chi connectivity index (χ4v) is 3.54. The molecule has 1 heterocycles. The molecular weight excluding hydrogens is 354 g/mol. The van der Waals surface area contributed by atoms with Crippen molar-refractivity contribution in [1.29, 1.82) is 0 Å². The summed E-state index contributed by atoms with van der Waals surface area (Å²) in [6, 6.07) is 15.6. The van der Waals surface area contributed by atoms with Gasteiger partial charge >= 0.3 is 5.97 Å². The highest BCUT2D eigenvalue weighted by Gasteiger charge is 2.24. The minimum absolute atomic E-state index is 0.214. The Bertz CT molecular complexity index is 949. The Balaban J connectivity index is 1.82. The lowest BCUT2D eigenvalue weighted by Gasteiger charge is -2.05. The fourth-order valence-electron chi connectivity index (χ4n) is 3.54. The maximum atomic E-state index is 12.3. The second kappa shape index (κ2) is 8.99. The molecule has 2 aromatic carbocycles. The molecule has 28 heavy (non-hydrogen) atoms. The first kappa shape index (κ1) is 20.0. The molecular formula is C22H28N3O3+. The van der Waals surface area contributed by atoms with Crippen molar-refractivity contribution in [2.75, 3.05) is 0 Å². The molecule has 0 aliphatic rings. The van der Waals surface area contributed by atoms with E-state index in [4.69, 9.17) is 10.5 Å². The Labute approximate surface area is 165 Å². The molecule has 1 aromatic heterocycles. The fraction of sp³-hybridized carbons (Fsp3) is 0.364. The lowest BCUT2D eigenvalue weighted by Crippen LogP contribution is -2.38. The Morgan fingerprint density at radius 2 is 1.96 bits per heavy atom. The SMILES string of the molecule is CC[n+]1c(CN)n(C[C@H](C)O)c2ccc(CC(=O)OCc3ccccc3)cc21. The van der Waals surface area contributed by atoms with E-state index in [-0.39, 0.29) is 19.0 Å². The van der Waals surface area contributed by atoms with Crippen LogP contribution in [0.25, 0.3) is 11.0 Å². The number of aliphatic hydroxyl groups excluding tert-OH is 1. The van der Waals surface area contributed by atoms with Gasteiger partial charge in [0.25, 0.3) is 5.82 Å². The average Bonchev–Trinajstić information content (AvgIpc) is 2.98. The summed E-state index contributed by atoms with van der Waals surface area (Å²) in [6.45, 7) is 5.72. The van der Waals surface area contributed by atoms with Crippen molar-refractivity contribution in [3.63, 3.8) is 0 Å². The van der Waals surface area contributed by atoms with Crippen LogP contribution in [0.4, 0.5) is 0 Å². The molecule has 3 aromatic rings. The summed E-state index contributed by atoms with van der Waals surface area (Å²) in [6.07, 6.45) is -0.259. The van der Waals surface area contributed by atoms with Gasteiger partial charge in [-0.2, -0.15) is 0 Å². The number of hydrogen-bond acceptors (Lipinski definition) is 4. The van der Waals surface area contributed by atoms with Crippen LogP contribution >= 0.6 is 0 Å². The van der Waals surface area contributed by atoms with Crippen LogP contribution in [0.1, 0.15) is 30.8 Å². The van der Waals surface area contributed by atoms with E-state index < -0.39 is 6.10 Å². The number of hydrogen-bond donors (Lipinski definition) is 2. The third kappa shape index (κ3) is 4.40. The molecule has 0 aliphatic carbocycles. The summed E-state index contributed by atoms with van der Waals surface area (Å²) in [4.78, 5) is 12.3. The van der Waals surface area contributed by atoms with E-state index in [1.165, 1.54) is 0 Å². The van der Waals surface area contributed by atoms with Gasteiger partial charge in [-0.1, -0.05) is 36.4 Å². The van der Waals surface area contributed by atoms with Crippen LogP contribution < -0.4 is 10.3 Å². The average molecular weight is 382 g/mol. The minimum atomic E-state index is -0.473. The zero-order valence-corrected chi connectivity index (χ0v) is 16.5. The van der Waals surface area contributed by atoms with Crippen molar-refractivity contribution in [2.24, 2.45) is 5.73 Å². The van der Waals surface area contributed by atoms with E-state index in [9.17, 15) is 9.90 Å². The number of aliphatic hydroxyl groups is 1. The molecule has 6 heteroatoms. The number of ether oxygens (including phenoxy) is 1. The third-order valence-corrected chi connectivity index (χ3v) is 4.78. The maximum absolute atomic E-state index is 12.3. The van der Waals surface area contributed by atoms with Gasteiger partial charge in [0, 0.05) is 0 Å². The molecule has 0 bridgehead atoms. The second-order valence-corrected chi connectivity index (χ2v) is 6.97. The van der Waals surface area contributed by atoms with Crippen LogP contribution in [0, 0.1) is 0 Å². The van der Waals surface area contributed by atoms with Crippen LogP contribution in [0.15, 0.2) is 48.5 Å². The van der Waals surface area contributed by atoms with Gasteiger partial charge < -0.3 is 15.6 Å². The summed E-state index contributed by atoms with van der Waals surface area (Å²) < 4.78 is 9.59. The first-order chi connectivity index (χ1) is 13.5. The smallest absolute Gasteiger partial charge is 0.310 e. The first-order valence-corrected chi connectivity index (χ1v) is 9.65. The van der Waals surface area contributed by atoms with E-state index in [1.807, 2.05) is 48.5 Å². The quantitative estimate of drug-likeness (QED) is 0.462. The van der Waals surface area contributed by atoms with Crippen LogP contribution in [0.3, 0.4) is 0 Å². The van der Waals surface area contributed by atoms with Gasteiger partial charge in [0.15, 0.2) is 11.0 Å². The van der Waals surface area contributed by atoms with Crippen LogP contribution in [-0.2, 0) is 42.2 Å². The van der Waals surface area contributed by atoms with E-state index in [0.717, 1.165) is 34.5 Å². The number of aromatic nitrogens is 2. The number of carbonyl (C=O) groups is 1. The number of imidazole rings is 1. The minimum Gasteiger partial charge on any atom is -0.461 e. The van der Waals surface area contributed by atoms with Crippen molar-refractivity contribution >= 4 is 17.0 Å². The number of aryl methyl sites for hydroxylation is 1. The predicted molar refractivity (Wildman–Crippen MR) is 107 cm³/mol. The lowest BCUT2D eigenvalue weighted by atomic mass is 10.1. The summed E-state index contributed by atoms with van der Waals surface area (Å²) in [5.74, 6) is 0.705. The summed E-state index contributed by atoms with van der Waals surface area (Å²) in [5.41, 5.74) is 9.86. The van der Waals surface area contributed by atoms with Gasteiger partial charge in [-0.05, 0) is 37.1 Å². The zero-order valence-electron chi connectivity index (χ0n) is 16.5. The van der Waals surface area contributed by atoms with E-state index >= 15 is 0 Å². The Hall–Kier alpha value is -2.70. The molecule has 3 rings (SSSR count). The Kier molecular flexibility index (Phi) is 6.44. The molecule has 0 saturated heterocycles. The van der Waals surface area contributed by atoms with Gasteiger partial charge in [-0.3, -0.25) is 4.79 Å². The standard InChI is InChI=1S/C22H28N3O3/c1-3-24-20-11-18(12-22(27)28-15-17-7-5-4-6-8-17)9-10-19(20)25(14-16(2)26)21(24)13-23/h4-11,16,26H,3,12-15,23H2,1-2H3/q+1/t16-/m0/s1. The molecule has 0 radical (unpaired) electrons. The van der Waals surface area contributed by atoms with Crippen molar-refractivity contribution in [2.45, 2.75) is 52.6 Å². The number of esters is 1. The monoisotopic (exact) mass is 382 g/mol. The van der Waals surface area contributed by atoms with Crippen LogP contribution in [0.2, 0.25) is 0 Å². The van der Waals surface area contributed by atoms with Crippen molar-refractivity contribution in [3.05, 3.63) is 65.5 Å². The number of benzene rings is 2. The molecule has 1 atom stereocenters. The molecule has 148 valence electrons. The number of carbonyl (C=O) groups excluding carboxylic acids is 1. The third-order valence-electron chi connectivity index (χ3n) is 4.78. The zero-order chi connectivity index (χ0) is 20.1. The predicted octanol–water partition coefficient (Wildman–Crippen LogP) is 2.07. The van der Waals surface area contributed by atoms with Crippen molar-refractivity contribution in [3.8, 4) is 0 Å². The van der Waals surface area contributed by atoms with Gasteiger partial charge in [-0.25, -0.2) is 9.13 Å².